The van der Waals surface area contributed by atoms with E-state index in [0.29, 0.717) is 23.0 Å². The monoisotopic (exact) mass is 334 g/mol. The molecule has 1 saturated heterocycles. The van der Waals surface area contributed by atoms with Crippen molar-refractivity contribution in [3.8, 4) is 11.5 Å². The summed E-state index contributed by atoms with van der Waals surface area (Å²) in [6, 6.07) is 5.57. The van der Waals surface area contributed by atoms with Gasteiger partial charge in [-0.1, -0.05) is 32.3 Å². The molecule has 1 aromatic rings. The van der Waals surface area contributed by atoms with E-state index in [0.717, 1.165) is 23.7 Å². The van der Waals surface area contributed by atoms with Crippen LogP contribution >= 0.6 is 11.8 Å². The summed E-state index contributed by atoms with van der Waals surface area (Å²) in [5.41, 5.74) is 0.840. The molecule has 1 aromatic carbocycles. The van der Waals surface area contributed by atoms with Crippen LogP contribution in [0.5, 0.6) is 11.5 Å². The summed E-state index contributed by atoms with van der Waals surface area (Å²) in [6.07, 6.45) is 6.37. The maximum absolute atomic E-state index is 11.6. The van der Waals surface area contributed by atoms with Crippen molar-refractivity contribution in [1.29, 1.82) is 5.41 Å². The van der Waals surface area contributed by atoms with Gasteiger partial charge in [0.1, 0.15) is 0 Å². The third-order valence-electron chi connectivity index (χ3n) is 3.40. The Bertz CT molecular complexity index is 614. The molecule has 0 radical (unpaired) electrons. The van der Waals surface area contributed by atoms with Crippen LogP contribution in [-0.4, -0.2) is 24.8 Å². The number of ether oxygens (including phenoxy) is 2. The first-order valence-corrected chi connectivity index (χ1v) is 8.56. The van der Waals surface area contributed by atoms with E-state index < -0.39 is 0 Å². The van der Waals surface area contributed by atoms with E-state index in [-0.39, 0.29) is 11.1 Å². The Balaban J connectivity index is 2.03. The van der Waals surface area contributed by atoms with Crippen LogP contribution in [0.25, 0.3) is 6.08 Å². The number of rotatable bonds is 8. The normalized spacial score (nSPS) is 15.8. The van der Waals surface area contributed by atoms with Crippen LogP contribution in [0, 0.1) is 5.41 Å². The van der Waals surface area contributed by atoms with Crippen LogP contribution in [0.2, 0.25) is 0 Å². The number of hydrogen-bond donors (Lipinski definition) is 2. The fourth-order valence-corrected chi connectivity index (χ4v) is 2.90. The lowest BCUT2D eigenvalue weighted by Gasteiger charge is -2.11. The Hall–Kier alpha value is -1.95. The van der Waals surface area contributed by atoms with Crippen molar-refractivity contribution in [3.05, 3.63) is 28.7 Å². The highest BCUT2D eigenvalue weighted by Gasteiger charge is 2.22. The zero-order valence-corrected chi connectivity index (χ0v) is 14.3. The maximum atomic E-state index is 11.6. The van der Waals surface area contributed by atoms with E-state index >= 15 is 0 Å². The fourth-order valence-electron chi connectivity index (χ4n) is 2.20. The molecule has 2 N–H and O–H groups in total. The minimum Gasteiger partial charge on any atom is -0.493 e. The average molecular weight is 334 g/mol. The third kappa shape index (κ3) is 5.03. The number of nitrogens with one attached hydrogen (secondary N) is 2. The lowest BCUT2D eigenvalue weighted by Crippen LogP contribution is -2.18. The van der Waals surface area contributed by atoms with E-state index in [1.165, 1.54) is 19.3 Å². The van der Waals surface area contributed by atoms with Gasteiger partial charge in [-0.2, -0.15) is 0 Å². The highest BCUT2D eigenvalue weighted by Crippen LogP contribution is 2.31. The number of hydrogen-bond acceptors (Lipinski definition) is 5. The van der Waals surface area contributed by atoms with Crippen molar-refractivity contribution < 1.29 is 14.3 Å². The van der Waals surface area contributed by atoms with Crippen LogP contribution in [0.15, 0.2) is 23.1 Å². The van der Waals surface area contributed by atoms with Crippen LogP contribution < -0.4 is 14.8 Å². The molecular formula is C17H22N2O3S. The molecule has 0 atom stereocenters. The molecule has 124 valence electrons. The van der Waals surface area contributed by atoms with Crippen molar-refractivity contribution in [2.45, 2.75) is 32.6 Å². The first-order valence-electron chi connectivity index (χ1n) is 7.74. The Morgan fingerprint density at radius 3 is 2.74 bits per heavy atom. The van der Waals surface area contributed by atoms with Crippen molar-refractivity contribution in [3.63, 3.8) is 0 Å². The van der Waals surface area contributed by atoms with Gasteiger partial charge in [-0.15, -0.1) is 0 Å². The minimum absolute atomic E-state index is 0.153. The Kier molecular flexibility index (Phi) is 6.52. The van der Waals surface area contributed by atoms with E-state index in [1.807, 2.05) is 18.2 Å². The van der Waals surface area contributed by atoms with Crippen molar-refractivity contribution >= 4 is 28.9 Å². The number of carbonyl (C=O) groups excluding carboxylic acids is 1. The lowest BCUT2D eigenvalue weighted by molar-refractivity contribution is -0.115. The zero-order chi connectivity index (χ0) is 16.7. The number of unbranched alkanes of at least 4 members (excludes halogenated alkanes) is 3. The SMILES string of the molecule is CCCCCCOc1ccc(C=C2SC(=N)NC2=O)cc1OC. The first-order chi connectivity index (χ1) is 11.1. The summed E-state index contributed by atoms with van der Waals surface area (Å²) in [7, 11) is 1.60. The van der Waals surface area contributed by atoms with Gasteiger partial charge < -0.3 is 14.8 Å². The number of benzene rings is 1. The number of thioether (sulfide) groups is 1. The Labute approximate surface area is 140 Å². The van der Waals surface area contributed by atoms with Gasteiger partial charge in [0, 0.05) is 0 Å². The van der Waals surface area contributed by atoms with Crippen molar-refractivity contribution in [1.82, 2.24) is 5.32 Å². The number of carbonyl (C=O) groups is 1. The van der Waals surface area contributed by atoms with Crippen molar-refractivity contribution in [2.75, 3.05) is 13.7 Å². The number of amidine groups is 1. The van der Waals surface area contributed by atoms with Gasteiger partial charge in [0.25, 0.3) is 5.91 Å². The standard InChI is InChI=1S/C17H22N2O3S/c1-3-4-5-6-9-22-13-8-7-12(10-14(13)21-2)11-15-16(20)19-17(18)23-15/h7-8,10-11H,3-6,9H2,1-2H3,(H2,18,19,20). The van der Waals surface area contributed by atoms with Gasteiger partial charge in [0.15, 0.2) is 16.7 Å². The second-order valence-electron chi connectivity index (χ2n) is 5.21. The quantitative estimate of drug-likeness (QED) is 0.560. The number of methoxy groups -OCH3 is 1. The lowest BCUT2D eigenvalue weighted by atomic mass is 10.2. The van der Waals surface area contributed by atoms with Crippen LogP contribution in [0.4, 0.5) is 0 Å². The Morgan fingerprint density at radius 1 is 1.26 bits per heavy atom. The topological polar surface area (TPSA) is 71.4 Å². The van der Waals surface area contributed by atoms with E-state index in [4.69, 9.17) is 14.9 Å². The smallest absolute Gasteiger partial charge is 0.264 e. The molecule has 0 spiro atoms. The van der Waals surface area contributed by atoms with Gasteiger partial charge in [0.05, 0.1) is 18.6 Å². The Morgan fingerprint density at radius 2 is 2.09 bits per heavy atom. The predicted molar refractivity (Wildman–Crippen MR) is 94.1 cm³/mol. The first kappa shape index (κ1) is 17.4. The fraction of sp³-hybridized carbons (Fsp3) is 0.412. The molecule has 1 fully saturated rings. The predicted octanol–water partition coefficient (Wildman–Crippen LogP) is 3.79. The molecule has 6 heteroatoms. The van der Waals surface area contributed by atoms with Gasteiger partial charge >= 0.3 is 0 Å². The molecular weight excluding hydrogens is 312 g/mol. The molecule has 0 aliphatic carbocycles. The summed E-state index contributed by atoms with van der Waals surface area (Å²) in [5, 5.41) is 10.1. The molecule has 0 bridgehead atoms. The van der Waals surface area contributed by atoms with Crippen LogP contribution in [0.1, 0.15) is 38.2 Å². The molecule has 1 heterocycles. The summed E-state index contributed by atoms with van der Waals surface area (Å²) in [5.74, 6) is 1.12. The maximum Gasteiger partial charge on any atom is 0.264 e. The average Bonchev–Trinajstić information content (AvgIpc) is 2.85. The van der Waals surface area contributed by atoms with Gasteiger partial charge in [-0.3, -0.25) is 10.2 Å². The summed E-state index contributed by atoms with van der Waals surface area (Å²) in [4.78, 5) is 12.1. The highest BCUT2D eigenvalue weighted by molar-refractivity contribution is 8.18. The second kappa shape index (κ2) is 8.62. The summed E-state index contributed by atoms with van der Waals surface area (Å²) >= 11 is 1.12. The molecule has 23 heavy (non-hydrogen) atoms. The summed E-state index contributed by atoms with van der Waals surface area (Å²) in [6.45, 7) is 2.85. The number of amides is 1. The van der Waals surface area contributed by atoms with Crippen molar-refractivity contribution in [2.24, 2.45) is 0 Å². The molecule has 0 unspecified atom stereocenters. The molecule has 5 nitrogen and oxygen atoms in total. The molecule has 2 rings (SSSR count). The second-order valence-corrected chi connectivity index (χ2v) is 6.27. The van der Waals surface area contributed by atoms with E-state index in [9.17, 15) is 4.79 Å². The van der Waals surface area contributed by atoms with Crippen LogP contribution in [0.3, 0.4) is 0 Å². The summed E-state index contributed by atoms with van der Waals surface area (Å²) < 4.78 is 11.1. The molecule has 1 aliphatic rings. The molecule has 1 aliphatic heterocycles. The van der Waals surface area contributed by atoms with E-state index in [2.05, 4.69) is 12.2 Å². The minimum atomic E-state index is -0.241. The van der Waals surface area contributed by atoms with E-state index in [1.54, 1.807) is 13.2 Å². The third-order valence-corrected chi connectivity index (χ3v) is 4.23. The van der Waals surface area contributed by atoms with Gasteiger partial charge in [0.2, 0.25) is 0 Å². The highest BCUT2D eigenvalue weighted by atomic mass is 32.2. The molecule has 0 aromatic heterocycles. The molecule has 0 saturated carbocycles. The van der Waals surface area contributed by atoms with Crippen LogP contribution in [-0.2, 0) is 4.79 Å². The molecule has 1 amide bonds. The van der Waals surface area contributed by atoms with Gasteiger partial charge in [-0.25, -0.2) is 0 Å². The zero-order valence-electron chi connectivity index (χ0n) is 13.5. The van der Waals surface area contributed by atoms with Gasteiger partial charge in [-0.05, 0) is 42.0 Å². The largest absolute Gasteiger partial charge is 0.493 e.